The van der Waals surface area contributed by atoms with E-state index in [-0.39, 0.29) is 23.1 Å². The SMILES string of the molecule is C[C@H](Oc1cc(B(O)O)cnc1N)c1ccc(C#N)cc1. The number of nitrogens with zero attached hydrogens (tertiary/aromatic N) is 2. The molecule has 1 aromatic heterocycles. The van der Waals surface area contributed by atoms with Gasteiger partial charge in [0.1, 0.15) is 6.10 Å². The smallest absolute Gasteiger partial charge is 0.482 e. The Labute approximate surface area is 122 Å². The molecule has 0 aliphatic carbocycles. The van der Waals surface area contributed by atoms with Crippen molar-refractivity contribution in [3.05, 3.63) is 47.7 Å². The van der Waals surface area contributed by atoms with Crippen LogP contribution in [0.15, 0.2) is 36.5 Å². The monoisotopic (exact) mass is 283 g/mol. The van der Waals surface area contributed by atoms with Gasteiger partial charge in [-0.2, -0.15) is 5.26 Å². The fraction of sp³-hybridized carbons (Fsp3) is 0.143. The zero-order valence-corrected chi connectivity index (χ0v) is 11.4. The van der Waals surface area contributed by atoms with E-state index in [4.69, 9.17) is 25.8 Å². The van der Waals surface area contributed by atoms with Crippen molar-refractivity contribution < 1.29 is 14.8 Å². The van der Waals surface area contributed by atoms with Gasteiger partial charge < -0.3 is 20.5 Å². The third kappa shape index (κ3) is 3.51. The first-order valence-corrected chi connectivity index (χ1v) is 6.29. The van der Waals surface area contributed by atoms with Crippen molar-refractivity contribution in [3.63, 3.8) is 0 Å². The van der Waals surface area contributed by atoms with Gasteiger partial charge in [-0.25, -0.2) is 4.98 Å². The molecule has 1 atom stereocenters. The molecule has 0 fully saturated rings. The molecule has 0 bridgehead atoms. The summed E-state index contributed by atoms with van der Waals surface area (Å²) in [6.45, 7) is 1.82. The van der Waals surface area contributed by atoms with E-state index < -0.39 is 7.12 Å². The number of rotatable bonds is 4. The Bertz CT molecular complexity index is 668. The Balaban J connectivity index is 2.20. The minimum Gasteiger partial charge on any atom is -0.482 e. The van der Waals surface area contributed by atoms with Crippen molar-refractivity contribution in [2.75, 3.05) is 5.73 Å². The van der Waals surface area contributed by atoms with Gasteiger partial charge in [-0.05, 0) is 30.7 Å². The Morgan fingerprint density at radius 2 is 2.00 bits per heavy atom. The number of aromatic nitrogens is 1. The summed E-state index contributed by atoms with van der Waals surface area (Å²) < 4.78 is 5.70. The lowest BCUT2D eigenvalue weighted by atomic mass is 9.81. The third-order valence-corrected chi connectivity index (χ3v) is 3.01. The Morgan fingerprint density at radius 1 is 1.33 bits per heavy atom. The van der Waals surface area contributed by atoms with Crippen LogP contribution in [0.2, 0.25) is 0 Å². The van der Waals surface area contributed by atoms with Crippen molar-refractivity contribution in [1.82, 2.24) is 4.98 Å². The van der Waals surface area contributed by atoms with Crippen LogP contribution in [-0.2, 0) is 0 Å². The number of nitrogen functional groups attached to an aromatic ring is 1. The molecule has 1 aromatic carbocycles. The molecule has 7 heteroatoms. The summed E-state index contributed by atoms with van der Waals surface area (Å²) in [4.78, 5) is 3.86. The van der Waals surface area contributed by atoms with E-state index in [1.807, 2.05) is 13.0 Å². The topological polar surface area (TPSA) is 112 Å². The van der Waals surface area contributed by atoms with Crippen LogP contribution in [0.5, 0.6) is 5.75 Å². The Morgan fingerprint density at radius 3 is 2.57 bits per heavy atom. The number of hydrogen-bond acceptors (Lipinski definition) is 6. The largest absolute Gasteiger partial charge is 0.490 e. The highest BCUT2D eigenvalue weighted by Gasteiger charge is 2.16. The fourth-order valence-electron chi connectivity index (χ4n) is 1.79. The molecule has 0 saturated carbocycles. The molecule has 6 nitrogen and oxygen atoms in total. The van der Waals surface area contributed by atoms with E-state index in [1.54, 1.807) is 24.3 Å². The lowest BCUT2D eigenvalue weighted by molar-refractivity contribution is 0.227. The maximum absolute atomic E-state index is 9.14. The zero-order valence-electron chi connectivity index (χ0n) is 11.4. The summed E-state index contributed by atoms with van der Waals surface area (Å²) in [5.74, 6) is 0.442. The number of nitrogens with two attached hydrogens (primary N) is 1. The van der Waals surface area contributed by atoms with Crippen molar-refractivity contribution >= 4 is 18.4 Å². The molecule has 0 saturated heterocycles. The van der Waals surface area contributed by atoms with Gasteiger partial charge >= 0.3 is 7.12 Å². The number of anilines is 1. The number of ether oxygens (including phenoxy) is 1. The standard InChI is InChI=1S/C14H14BN3O3/c1-9(11-4-2-10(7-16)3-5-11)21-13-6-12(15(19)20)8-18-14(13)17/h2-6,8-9,19-20H,1H3,(H2,17,18)/t9-/m0/s1. The highest BCUT2D eigenvalue weighted by Crippen LogP contribution is 2.24. The second kappa shape index (κ2) is 6.26. The molecule has 0 spiro atoms. The van der Waals surface area contributed by atoms with E-state index in [0.29, 0.717) is 5.56 Å². The molecule has 21 heavy (non-hydrogen) atoms. The first kappa shape index (κ1) is 14.8. The Hall–Kier alpha value is -2.56. The van der Waals surface area contributed by atoms with E-state index in [1.165, 1.54) is 12.3 Å². The molecule has 0 amide bonds. The predicted octanol–water partition coefficient (Wildman–Crippen LogP) is 0.355. The first-order chi connectivity index (χ1) is 10.0. The summed E-state index contributed by atoms with van der Waals surface area (Å²) in [5, 5.41) is 27.0. The van der Waals surface area contributed by atoms with Crippen LogP contribution >= 0.6 is 0 Å². The van der Waals surface area contributed by atoms with Crippen LogP contribution in [-0.4, -0.2) is 22.2 Å². The van der Waals surface area contributed by atoms with Crippen molar-refractivity contribution in [3.8, 4) is 11.8 Å². The molecular weight excluding hydrogens is 269 g/mol. The molecule has 0 unspecified atom stereocenters. The molecule has 0 radical (unpaired) electrons. The maximum atomic E-state index is 9.14. The predicted molar refractivity (Wildman–Crippen MR) is 78.7 cm³/mol. The molecule has 2 aromatic rings. The molecule has 2 rings (SSSR count). The quantitative estimate of drug-likeness (QED) is 0.698. The Kier molecular flexibility index (Phi) is 4.43. The maximum Gasteiger partial charge on any atom is 0.490 e. The normalized spacial score (nSPS) is 11.5. The van der Waals surface area contributed by atoms with Crippen LogP contribution in [0.4, 0.5) is 5.82 Å². The van der Waals surface area contributed by atoms with Crippen LogP contribution in [0.1, 0.15) is 24.2 Å². The number of hydrogen-bond donors (Lipinski definition) is 3. The summed E-state index contributed by atoms with van der Waals surface area (Å²) in [6, 6.07) is 10.5. The minimum atomic E-state index is -1.63. The summed E-state index contributed by atoms with van der Waals surface area (Å²) in [6.07, 6.45) is 0.951. The molecule has 4 N–H and O–H groups in total. The van der Waals surface area contributed by atoms with Gasteiger partial charge in [-0.15, -0.1) is 0 Å². The van der Waals surface area contributed by atoms with Crippen LogP contribution in [0.3, 0.4) is 0 Å². The summed E-state index contributed by atoms with van der Waals surface area (Å²) in [7, 11) is -1.63. The average Bonchev–Trinajstić information content (AvgIpc) is 2.49. The lowest BCUT2D eigenvalue weighted by Crippen LogP contribution is -2.30. The molecule has 1 heterocycles. The molecule has 0 aliphatic rings. The van der Waals surface area contributed by atoms with Crippen molar-refractivity contribution in [2.24, 2.45) is 0 Å². The number of nitriles is 1. The van der Waals surface area contributed by atoms with E-state index in [0.717, 1.165) is 5.56 Å². The van der Waals surface area contributed by atoms with Gasteiger partial charge in [0.2, 0.25) is 0 Å². The summed E-state index contributed by atoms with van der Waals surface area (Å²) in [5.41, 5.74) is 7.35. The van der Waals surface area contributed by atoms with E-state index >= 15 is 0 Å². The minimum absolute atomic E-state index is 0.167. The van der Waals surface area contributed by atoms with Crippen LogP contribution < -0.4 is 15.9 Å². The molecule has 106 valence electrons. The second-order valence-electron chi connectivity index (χ2n) is 4.52. The van der Waals surface area contributed by atoms with Gasteiger partial charge in [-0.3, -0.25) is 0 Å². The highest BCUT2D eigenvalue weighted by molar-refractivity contribution is 6.58. The van der Waals surface area contributed by atoms with E-state index in [2.05, 4.69) is 4.98 Å². The van der Waals surface area contributed by atoms with Gasteiger partial charge in [0, 0.05) is 11.7 Å². The van der Waals surface area contributed by atoms with Gasteiger partial charge in [0.25, 0.3) is 0 Å². The average molecular weight is 283 g/mol. The van der Waals surface area contributed by atoms with E-state index in [9.17, 15) is 0 Å². The zero-order chi connectivity index (χ0) is 15.4. The lowest BCUT2D eigenvalue weighted by Gasteiger charge is -2.16. The number of benzene rings is 1. The first-order valence-electron chi connectivity index (χ1n) is 6.29. The second-order valence-corrected chi connectivity index (χ2v) is 4.52. The van der Waals surface area contributed by atoms with Gasteiger partial charge in [0.05, 0.1) is 11.6 Å². The van der Waals surface area contributed by atoms with Crippen LogP contribution in [0.25, 0.3) is 0 Å². The number of pyridine rings is 1. The van der Waals surface area contributed by atoms with Crippen molar-refractivity contribution in [2.45, 2.75) is 13.0 Å². The van der Waals surface area contributed by atoms with Crippen molar-refractivity contribution in [1.29, 1.82) is 5.26 Å². The van der Waals surface area contributed by atoms with Crippen LogP contribution in [0, 0.1) is 11.3 Å². The third-order valence-electron chi connectivity index (χ3n) is 3.01. The summed E-state index contributed by atoms with van der Waals surface area (Å²) >= 11 is 0. The fourth-order valence-corrected chi connectivity index (χ4v) is 1.79. The highest BCUT2D eigenvalue weighted by atomic mass is 16.5. The van der Waals surface area contributed by atoms with Gasteiger partial charge in [0.15, 0.2) is 11.6 Å². The molecular formula is C14H14BN3O3. The molecule has 0 aliphatic heterocycles. The van der Waals surface area contributed by atoms with Gasteiger partial charge in [-0.1, -0.05) is 12.1 Å².